The molecule has 0 aromatic rings. The number of ether oxygens (including phenoxy) is 2. The molecule has 0 bridgehead atoms. The quantitative estimate of drug-likeness (QED) is 0.381. The summed E-state index contributed by atoms with van der Waals surface area (Å²) in [6.45, 7) is 2.09. The lowest BCUT2D eigenvalue weighted by Crippen LogP contribution is -2.05. The molecule has 5 heteroatoms. The highest BCUT2D eigenvalue weighted by Crippen LogP contribution is 1.86. The largest absolute Gasteiger partial charge is 0.463 e. The molecule has 0 saturated heterocycles. The zero-order chi connectivity index (χ0) is 10.1. The van der Waals surface area contributed by atoms with Gasteiger partial charge in [-0.2, -0.15) is 0 Å². The normalized spacial score (nSPS) is 10.0. The Morgan fingerprint density at radius 2 is 1.77 bits per heavy atom. The molecule has 0 aliphatic carbocycles. The molecule has 0 aromatic carbocycles. The molecule has 0 radical (unpaired) electrons. The van der Waals surface area contributed by atoms with Crippen LogP contribution in [0.25, 0.3) is 0 Å². The van der Waals surface area contributed by atoms with E-state index in [2.05, 4.69) is 9.47 Å². The van der Waals surface area contributed by atoms with Crippen molar-refractivity contribution in [2.24, 2.45) is 0 Å². The summed E-state index contributed by atoms with van der Waals surface area (Å²) in [5.41, 5.74) is 0. The van der Waals surface area contributed by atoms with E-state index in [1.807, 2.05) is 0 Å². The molecule has 0 aliphatic heterocycles. The van der Waals surface area contributed by atoms with Gasteiger partial charge in [0.1, 0.15) is 6.61 Å². The van der Waals surface area contributed by atoms with Gasteiger partial charge in [0.05, 0.1) is 12.5 Å². The van der Waals surface area contributed by atoms with Gasteiger partial charge in [0.15, 0.2) is 0 Å². The molecule has 0 atom stereocenters. The van der Waals surface area contributed by atoms with Gasteiger partial charge in [0.25, 0.3) is 0 Å². The van der Waals surface area contributed by atoms with Crippen LogP contribution in [-0.2, 0) is 19.1 Å². The van der Waals surface area contributed by atoms with Crippen LogP contribution in [0, 0.1) is 0 Å². The highest BCUT2D eigenvalue weighted by molar-refractivity contribution is 6.18. The second kappa shape index (κ2) is 7.61. The highest BCUT2D eigenvalue weighted by Gasteiger charge is 1.98. The van der Waals surface area contributed by atoms with Crippen LogP contribution in [0.1, 0.15) is 6.92 Å². The van der Waals surface area contributed by atoms with Gasteiger partial charge < -0.3 is 9.47 Å². The number of hydrogen-bond acceptors (Lipinski definition) is 4. The maximum absolute atomic E-state index is 10.7. The lowest BCUT2D eigenvalue weighted by atomic mass is 10.5. The molecule has 0 aromatic heterocycles. The fourth-order valence-corrected chi connectivity index (χ4v) is 0.591. The molecule has 0 N–H and O–H groups in total. The van der Waals surface area contributed by atoms with Crippen molar-refractivity contribution in [3.63, 3.8) is 0 Å². The Balaban J connectivity index is 3.69. The molecule has 4 nitrogen and oxygen atoms in total. The van der Waals surface area contributed by atoms with E-state index in [0.29, 0.717) is 0 Å². The van der Waals surface area contributed by atoms with Crippen molar-refractivity contribution in [1.29, 1.82) is 0 Å². The minimum absolute atomic E-state index is 0.132. The molecule has 0 amide bonds. The second-order valence-corrected chi connectivity index (χ2v) is 2.32. The molecule has 0 saturated carbocycles. The summed E-state index contributed by atoms with van der Waals surface area (Å²) in [5, 5.41) is 0. The van der Waals surface area contributed by atoms with Crippen molar-refractivity contribution in [2.45, 2.75) is 6.92 Å². The average molecular weight is 207 g/mol. The van der Waals surface area contributed by atoms with E-state index >= 15 is 0 Å². The molecule has 0 spiro atoms. The highest BCUT2D eigenvalue weighted by atomic mass is 35.5. The minimum Gasteiger partial charge on any atom is -0.463 e. The van der Waals surface area contributed by atoms with Crippen molar-refractivity contribution >= 4 is 23.5 Å². The van der Waals surface area contributed by atoms with Gasteiger partial charge in [-0.05, 0) is 6.92 Å². The van der Waals surface area contributed by atoms with E-state index in [9.17, 15) is 9.59 Å². The van der Waals surface area contributed by atoms with E-state index in [1.54, 1.807) is 6.92 Å². The number of hydrogen-bond donors (Lipinski definition) is 0. The maximum atomic E-state index is 10.7. The molecular formula is C8H11ClO4. The standard InChI is InChI=1S/C8H11ClO4/c1-2-12-7(10)3-4-8(11)13-6-5-9/h3-4H,2,5-6H2,1H3/b4-3+. The van der Waals surface area contributed by atoms with E-state index in [0.717, 1.165) is 12.2 Å². The molecule has 0 heterocycles. The molecule has 0 fully saturated rings. The Morgan fingerprint density at radius 3 is 2.23 bits per heavy atom. The summed E-state index contributed by atoms with van der Waals surface area (Å²) in [6.07, 6.45) is 2.02. The summed E-state index contributed by atoms with van der Waals surface area (Å²) >= 11 is 5.27. The monoisotopic (exact) mass is 206 g/mol. The predicted octanol–water partition coefficient (Wildman–Crippen LogP) is 0.888. The van der Waals surface area contributed by atoms with Crippen molar-refractivity contribution in [3.05, 3.63) is 12.2 Å². The molecule has 13 heavy (non-hydrogen) atoms. The lowest BCUT2D eigenvalue weighted by molar-refractivity contribution is -0.139. The van der Waals surface area contributed by atoms with E-state index in [4.69, 9.17) is 11.6 Å². The average Bonchev–Trinajstić information content (AvgIpc) is 2.12. The van der Waals surface area contributed by atoms with Crippen molar-refractivity contribution in [3.8, 4) is 0 Å². The van der Waals surface area contributed by atoms with Gasteiger partial charge in [-0.1, -0.05) is 0 Å². The molecule has 0 rings (SSSR count). The van der Waals surface area contributed by atoms with Crippen LogP contribution < -0.4 is 0 Å². The second-order valence-electron chi connectivity index (χ2n) is 1.94. The van der Waals surface area contributed by atoms with Crippen molar-refractivity contribution < 1.29 is 19.1 Å². The lowest BCUT2D eigenvalue weighted by Gasteiger charge is -1.96. The first-order valence-corrected chi connectivity index (χ1v) is 4.31. The van der Waals surface area contributed by atoms with Gasteiger partial charge in [-0.15, -0.1) is 11.6 Å². The van der Waals surface area contributed by atoms with Crippen LogP contribution in [0.2, 0.25) is 0 Å². The van der Waals surface area contributed by atoms with Gasteiger partial charge in [0, 0.05) is 12.2 Å². The van der Waals surface area contributed by atoms with E-state index in [1.165, 1.54) is 0 Å². The predicted molar refractivity (Wildman–Crippen MR) is 47.5 cm³/mol. The number of carbonyl (C=O) groups is 2. The van der Waals surface area contributed by atoms with Gasteiger partial charge in [-0.3, -0.25) is 0 Å². The van der Waals surface area contributed by atoms with Crippen LogP contribution in [0.3, 0.4) is 0 Å². The maximum Gasteiger partial charge on any atom is 0.331 e. The number of carbonyl (C=O) groups excluding carboxylic acids is 2. The minimum atomic E-state index is -0.603. The zero-order valence-electron chi connectivity index (χ0n) is 7.29. The third kappa shape index (κ3) is 7.33. The summed E-state index contributed by atoms with van der Waals surface area (Å²) in [6, 6.07) is 0. The first kappa shape index (κ1) is 12.0. The Hall–Kier alpha value is -1.03. The first-order chi connectivity index (χ1) is 6.20. The summed E-state index contributed by atoms with van der Waals surface area (Å²) < 4.78 is 9.09. The first-order valence-electron chi connectivity index (χ1n) is 3.78. The van der Waals surface area contributed by atoms with Crippen LogP contribution in [0.5, 0.6) is 0 Å². The molecular weight excluding hydrogens is 196 g/mol. The Bertz CT molecular complexity index is 200. The van der Waals surface area contributed by atoms with Crippen molar-refractivity contribution in [1.82, 2.24) is 0 Å². The Labute approximate surface area is 81.5 Å². The molecule has 0 aliphatic rings. The zero-order valence-corrected chi connectivity index (χ0v) is 8.04. The van der Waals surface area contributed by atoms with Crippen LogP contribution in [0.15, 0.2) is 12.2 Å². The topological polar surface area (TPSA) is 52.6 Å². The summed E-state index contributed by atoms with van der Waals surface area (Å²) in [4.78, 5) is 21.4. The fraction of sp³-hybridized carbons (Fsp3) is 0.500. The number of halogens is 1. The van der Waals surface area contributed by atoms with Gasteiger partial charge in [0.2, 0.25) is 0 Å². The number of rotatable bonds is 5. The fourth-order valence-electron chi connectivity index (χ4n) is 0.514. The third-order valence-electron chi connectivity index (χ3n) is 0.964. The summed E-state index contributed by atoms with van der Waals surface area (Å²) in [5.74, 6) is -0.932. The van der Waals surface area contributed by atoms with E-state index < -0.39 is 11.9 Å². The SMILES string of the molecule is CCOC(=O)/C=C/C(=O)OCCCl. The number of esters is 2. The third-order valence-corrected chi connectivity index (χ3v) is 1.12. The van der Waals surface area contributed by atoms with E-state index in [-0.39, 0.29) is 19.1 Å². The van der Waals surface area contributed by atoms with Crippen LogP contribution >= 0.6 is 11.6 Å². The Morgan fingerprint density at radius 1 is 1.23 bits per heavy atom. The molecule has 0 unspecified atom stereocenters. The smallest absolute Gasteiger partial charge is 0.331 e. The van der Waals surface area contributed by atoms with Crippen LogP contribution in [-0.4, -0.2) is 31.0 Å². The summed E-state index contributed by atoms with van der Waals surface area (Å²) in [7, 11) is 0. The Kier molecular flexibility index (Phi) is 7.01. The van der Waals surface area contributed by atoms with Gasteiger partial charge in [-0.25, -0.2) is 9.59 Å². The van der Waals surface area contributed by atoms with Crippen LogP contribution in [0.4, 0.5) is 0 Å². The number of alkyl halides is 1. The van der Waals surface area contributed by atoms with Crippen molar-refractivity contribution in [2.75, 3.05) is 19.1 Å². The van der Waals surface area contributed by atoms with Gasteiger partial charge >= 0.3 is 11.9 Å². The molecule has 74 valence electrons.